The van der Waals surface area contributed by atoms with E-state index in [-0.39, 0.29) is 29.3 Å². The number of benzene rings is 1. The largest absolute Gasteiger partial charge is 0.435 e. The molecule has 1 atom stereocenters. The van der Waals surface area contributed by atoms with Crippen LogP contribution in [0.1, 0.15) is 44.5 Å². The van der Waals surface area contributed by atoms with E-state index in [0.717, 1.165) is 16.1 Å². The monoisotopic (exact) mass is 469 g/mol. The Morgan fingerprint density at radius 3 is 2.66 bits per heavy atom. The summed E-state index contributed by atoms with van der Waals surface area (Å²) in [6.45, 7) is 2.81. The summed E-state index contributed by atoms with van der Waals surface area (Å²) in [6, 6.07) is 6.15. The van der Waals surface area contributed by atoms with Gasteiger partial charge in [0.2, 0.25) is 6.04 Å². The second kappa shape index (κ2) is 8.09. The quantitative estimate of drug-likeness (QED) is 0.495. The van der Waals surface area contributed by atoms with Gasteiger partial charge in [0.05, 0.1) is 28.5 Å². The number of rotatable bonds is 7. The summed E-state index contributed by atoms with van der Waals surface area (Å²) in [7, 11) is -3.07. The van der Waals surface area contributed by atoms with Gasteiger partial charge in [-0.05, 0) is 39.3 Å². The van der Waals surface area contributed by atoms with E-state index < -0.39 is 22.0 Å². The van der Waals surface area contributed by atoms with Crippen molar-refractivity contribution >= 4 is 9.84 Å². The zero-order valence-electron chi connectivity index (χ0n) is 18.2. The molecule has 0 saturated carbocycles. The van der Waals surface area contributed by atoms with Crippen LogP contribution in [0.4, 0.5) is 8.78 Å². The van der Waals surface area contributed by atoms with Gasteiger partial charge >= 0.3 is 6.61 Å². The molecule has 1 fully saturated rings. The summed E-state index contributed by atoms with van der Waals surface area (Å²) in [4.78, 5) is 13.6. The predicted molar refractivity (Wildman–Crippen MR) is 114 cm³/mol. The van der Waals surface area contributed by atoms with Crippen molar-refractivity contribution in [3.05, 3.63) is 40.4 Å². The maximum Gasteiger partial charge on any atom is 0.387 e. The Balaban J connectivity index is 1.59. The van der Waals surface area contributed by atoms with E-state index in [4.69, 9.17) is 5.10 Å². The van der Waals surface area contributed by atoms with E-state index >= 15 is 0 Å². The highest BCUT2D eigenvalue weighted by Gasteiger charge is 2.50. The number of aromatic nitrogens is 2. The van der Waals surface area contributed by atoms with Crippen molar-refractivity contribution in [3.8, 4) is 17.0 Å². The second-order valence-electron chi connectivity index (χ2n) is 9.15. The van der Waals surface area contributed by atoms with Gasteiger partial charge < -0.3 is 4.74 Å². The SMILES string of the molecule is CC(C)n1nc(-c2cccc(OC(F)F)c2)c2c1C[C@H]([N+](=O)NC1(C)CS(=O)(=O)C1)CC2. The lowest BCUT2D eigenvalue weighted by Gasteiger charge is -2.35. The molecular formula is C21H27F2N4O4S+. The van der Waals surface area contributed by atoms with E-state index in [2.05, 4.69) is 10.2 Å². The molecule has 0 radical (unpaired) electrons. The minimum atomic E-state index is -3.07. The van der Waals surface area contributed by atoms with Gasteiger partial charge in [0, 0.05) is 29.3 Å². The van der Waals surface area contributed by atoms with Crippen LogP contribution in [0.5, 0.6) is 5.75 Å². The molecule has 1 saturated heterocycles. The maximum absolute atomic E-state index is 12.8. The van der Waals surface area contributed by atoms with Gasteiger partial charge in [0.15, 0.2) is 9.84 Å². The Hall–Kier alpha value is -2.56. The number of hydrazine groups is 1. The van der Waals surface area contributed by atoms with Crippen molar-refractivity contribution in [2.24, 2.45) is 0 Å². The summed E-state index contributed by atoms with van der Waals surface area (Å²) < 4.78 is 54.8. The van der Waals surface area contributed by atoms with Gasteiger partial charge in [0.25, 0.3) is 0 Å². The summed E-state index contributed by atoms with van der Waals surface area (Å²) in [5.41, 5.74) is 5.41. The van der Waals surface area contributed by atoms with Crippen molar-refractivity contribution in [3.63, 3.8) is 0 Å². The van der Waals surface area contributed by atoms with Crippen LogP contribution in [0.3, 0.4) is 0 Å². The number of nitrogens with one attached hydrogen (secondary N) is 1. The number of nitroso groups, excluding NO2 is 1. The predicted octanol–water partition coefficient (Wildman–Crippen LogP) is 3.06. The molecule has 1 aliphatic heterocycles. The Labute approximate surface area is 185 Å². The van der Waals surface area contributed by atoms with E-state index in [9.17, 15) is 22.1 Å². The first-order chi connectivity index (χ1) is 15.0. The zero-order valence-corrected chi connectivity index (χ0v) is 19.0. The van der Waals surface area contributed by atoms with Gasteiger partial charge in [-0.3, -0.25) is 4.68 Å². The third kappa shape index (κ3) is 4.48. The first-order valence-corrected chi connectivity index (χ1v) is 12.4. The van der Waals surface area contributed by atoms with Crippen LogP contribution in [0, 0.1) is 4.91 Å². The summed E-state index contributed by atoms with van der Waals surface area (Å²) in [6.07, 6.45) is 1.61. The number of fused-ring (bicyclic) bond motifs is 1. The fourth-order valence-corrected chi connectivity index (χ4v) is 6.63. The third-order valence-corrected chi connectivity index (χ3v) is 8.04. The molecule has 2 aliphatic rings. The van der Waals surface area contributed by atoms with Crippen molar-refractivity contribution < 1.29 is 26.8 Å². The van der Waals surface area contributed by atoms with Crippen LogP contribution in [0.15, 0.2) is 24.3 Å². The summed E-state index contributed by atoms with van der Waals surface area (Å²) in [5.74, 6) is -0.0402. The molecule has 1 N–H and O–H groups in total. The lowest BCUT2D eigenvalue weighted by atomic mass is 9.90. The van der Waals surface area contributed by atoms with Gasteiger partial charge in [0.1, 0.15) is 16.2 Å². The molecule has 11 heteroatoms. The lowest BCUT2D eigenvalue weighted by Crippen LogP contribution is -2.65. The molecule has 2 heterocycles. The Bertz CT molecular complexity index is 1130. The summed E-state index contributed by atoms with van der Waals surface area (Å²) in [5, 5.41) is 4.75. The molecule has 4 rings (SSSR count). The maximum atomic E-state index is 12.8. The Morgan fingerprint density at radius 2 is 2.03 bits per heavy atom. The molecular weight excluding hydrogens is 442 g/mol. The summed E-state index contributed by atoms with van der Waals surface area (Å²) >= 11 is 0. The molecule has 1 aromatic heterocycles. The first kappa shape index (κ1) is 22.6. The van der Waals surface area contributed by atoms with Crippen LogP contribution in [0.2, 0.25) is 0 Å². The molecule has 0 amide bonds. The number of nitrogens with zero attached hydrogens (tertiary/aromatic N) is 3. The molecule has 0 unspecified atom stereocenters. The number of ether oxygens (including phenoxy) is 1. The fourth-order valence-electron chi connectivity index (χ4n) is 4.65. The third-order valence-electron chi connectivity index (χ3n) is 5.89. The topological polar surface area (TPSA) is 93.3 Å². The van der Waals surface area contributed by atoms with E-state index in [1.165, 1.54) is 6.07 Å². The lowest BCUT2D eigenvalue weighted by molar-refractivity contribution is -0.652. The zero-order chi connectivity index (χ0) is 23.3. The number of halogens is 2. The van der Waals surface area contributed by atoms with Gasteiger partial charge in [-0.15, -0.1) is 5.43 Å². The fraction of sp³-hybridized carbons (Fsp3) is 0.571. The average Bonchev–Trinajstić information content (AvgIpc) is 3.05. The number of hydrogen-bond donors (Lipinski definition) is 1. The number of sulfone groups is 1. The van der Waals surface area contributed by atoms with E-state index in [1.807, 2.05) is 18.5 Å². The standard InChI is InChI=1S/C21H27F2N4O4S/c1-13(2)26-18-10-15(27(28)25-21(3)11-32(29,30)12-21)7-8-17(18)19(24-26)14-5-4-6-16(9-14)31-20(22)23/h4-6,9,13,15,20H,7-8,10-12H2,1-3H3,(H,25,28)/q+1/t15-/m1/s1. The van der Waals surface area contributed by atoms with Crippen molar-refractivity contribution in [1.82, 2.24) is 15.2 Å². The molecule has 1 aliphatic carbocycles. The highest BCUT2D eigenvalue weighted by Crippen LogP contribution is 2.35. The van der Waals surface area contributed by atoms with Crippen LogP contribution in [-0.2, 0) is 22.7 Å². The molecule has 32 heavy (non-hydrogen) atoms. The second-order valence-corrected chi connectivity index (χ2v) is 11.2. The van der Waals surface area contributed by atoms with Crippen LogP contribution in [-0.4, -0.2) is 52.8 Å². The van der Waals surface area contributed by atoms with E-state index in [1.54, 1.807) is 25.1 Å². The molecule has 8 nitrogen and oxygen atoms in total. The molecule has 2 aromatic rings. The molecule has 1 aromatic carbocycles. The van der Waals surface area contributed by atoms with Crippen molar-refractivity contribution in [2.75, 3.05) is 11.5 Å². The smallest absolute Gasteiger partial charge is 0.387 e. The Morgan fingerprint density at radius 1 is 1.31 bits per heavy atom. The van der Waals surface area contributed by atoms with Crippen LogP contribution >= 0.6 is 0 Å². The molecule has 0 spiro atoms. The average molecular weight is 470 g/mol. The van der Waals surface area contributed by atoms with Crippen molar-refractivity contribution in [1.29, 1.82) is 0 Å². The van der Waals surface area contributed by atoms with Gasteiger partial charge in [-0.1, -0.05) is 12.1 Å². The number of hydrogen-bond acceptors (Lipinski definition) is 5. The minimum Gasteiger partial charge on any atom is -0.435 e. The molecule has 174 valence electrons. The van der Waals surface area contributed by atoms with Gasteiger partial charge in [-0.2, -0.15) is 13.9 Å². The molecule has 0 bridgehead atoms. The van der Waals surface area contributed by atoms with Crippen LogP contribution in [0.25, 0.3) is 11.3 Å². The van der Waals surface area contributed by atoms with Crippen LogP contribution < -0.4 is 10.2 Å². The normalized spacial score (nSPS) is 21.2. The minimum absolute atomic E-state index is 0.0408. The number of alkyl halides is 2. The van der Waals surface area contributed by atoms with E-state index in [0.29, 0.717) is 30.5 Å². The van der Waals surface area contributed by atoms with Gasteiger partial charge in [-0.25, -0.2) is 8.42 Å². The Kier molecular flexibility index (Phi) is 5.72. The highest BCUT2D eigenvalue weighted by molar-refractivity contribution is 7.93. The first-order valence-electron chi connectivity index (χ1n) is 10.6. The highest BCUT2D eigenvalue weighted by atomic mass is 32.2. The van der Waals surface area contributed by atoms with Crippen molar-refractivity contribution in [2.45, 2.75) is 64.3 Å².